The Balaban J connectivity index is 1.58. The number of ether oxygens (including phenoxy) is 1. The molecular weight excluding hydrogens is 486 g/mol. The molecule has 2 amide bonds. The third-order valence-corrected chi connectivity index (χ3v) is 6.52. The van der Waals surface area contributed by atoms with Crippen LogP contribution in [0.5, 0.6) is 5.75 Å². The summed E-state index contributed by atoms with van der Waals surface area (Å²) >= 11 is 3.52. The lowest BCUT2D eigenvalue weighted by molar-refractivity contribution is -0.126. The van der Waals surface area contributed by atoms with Crippen LogP contribution in [0.1, 0.15) is 17.2 Å². The summed E-state index contributed by atoms with van der Waals surface area (Å²) in [6, 6.07) is 22.8. The Bertz CT molecular complexity index is 1270. The quantitative estimate of drug-likeness (QED) is 0.491. The number of amides is 2. The third kappa shape index (κ3) is 3.46. The van der Waals surface area contributed by atoms with Crippen LogP contribution in [0, 0.1) is 17.2 Å². The number of fused-ring (bicyclic) bond motifs is 1. The summed E-state index contributed by atoms with van der Waals surface area (Å²) in [5, 5.41) is 10.7. The minimum Gasteiger partial charge on any atom is -0.496 e. The molecule has 0 spiro atoms. The summed E-state index contributed by atoms with van der Waals surface area (Å²) in [5.74, 6) is -0.849. The average Bonchev–Trinajstić information content (AvgIpc) is 3.35. The number of nitriles is 1. The van der Waals surface area contributed by atoms with Gasteiger partial charge in [-0.3, -0.25) is 14.4 Å². The second kappa shape index (κ2) is 8.35. The lowest BCUT2D eigenvalue weighted by Crippen LogP contribution is -2.37. The molecule has 3 atom stereocenters. The second-order valence-electron chi connectivity index (χ2n) is 7.72. The van der Waals surface area contributed by atoms with Crippen LogP contribution in [-0.4, -0.2) is 25.0 Å². The van der Waals surface area contributed by atoms with Crippen LogP contribution < -0.4 is 14.7 Å². The van der Waals surface area contributed by atoms with Crippen LogP contribution in [-0.2, 0) is 14.4 Å². The van der Waals surface area contributed by atoms with Crippen molar-refractivity contribution in [3.63, 3.8) is 0 Å². The number of carbonyl (C=O) groups is 2. The molecular formula is C25H18BrN3O4. The van der Waals surface area contributed by atoms with Crippen LogP contribution in [0.25, 0.3) is 0 Å². The zero-order chi connectivity index (χ0) is 23.1. The van der Waals surface area contributed by atoms with Crippen molar-refractivity contribution in [2.45, 2.75) is 12.1 Å². The van der Waals surface area contributed by atoms with E-state index >= 15 is 0 Å². The fourth-order valence-corrected chi connectivity index (χ4v) is 4.92. The maximum atomic E-state index is 13.6. The smallest absolute Gasteiger partial charge is 0.266 e. The van der Waals surface area contributed by atoms with E-state index in [9.17, 15) is 9.59 Å². The molecule has 2 saturated heterocycles. The average molecular weight is 504 g/mol. The minimum atomic E-state index is -0.959. The van der Waals surface area contributed by atoms with E-state index in [-0.39, 0.29) is 5.91 Å². The molecule has 0 unspecified atom stereocenters. The summed E-state index contributed by atoms with van der Waals surface area (Å²) in [5.41, 5.74) is 2.42. The van der Waals surface area contributed by atoms with Gasteiger partial charge in [-0.05, 0) is 70.0 Å². The van der Waals surface area contributed by atoms with Gasteiger partial charge in [-0.1, -0.05) is 24.3 Å². The first kappa shape index (κ1) is 21.2. The van der Waals surface area contributed by atoms with Gasteiger partial charge in [0.1, 0.15) is 11.7 Å². The molecule has 0 aromatic heterocycles. The summed E-state index contributed by atoms with van der Waals surface area (Å²) in [4.78, 5) is 34.2. The van der Waals surface area contributed by atoms with Gasteiger partial charge in [-0.2, -0.15) is 5.26 Å². The molecule has 8 heteroatoms. The van der Waals surface area contributed by atoms with Crippen molar-refractivity contribution in [3.8, 4) is 11.8 Å². The monoisotopic (exact) mass is 503 g/mol. The Morgan fingerprint density at radius 2 is 1.70 bits per heavy atom. The van der Waals surface area contributed by atoms with Gasteiger partial charge in [0, 0.05) is 0 Å². The molecule has 0 bridgehead atoms. The van der Waals surface area contributed by atoms with Gasteiger partial charge < -0.3 is 4.74 Å². The van der Waals surface area contributed by atoms with Crippen molar-refractivity contribution in [1.29, 1.82) is 5.26 Å². The minimum absolute atomic E-state index is 0.343. The Morgan fingerprint density at radius 3 is 2.33 bits per heavy atom. The first-order chi connectivity index (χ1) is 16.0. The zero-order valence-corrected chi connectivity index (χ0v) is 19.1. The van der Waals surface area contributed by atoms with Gasteiger partial charge in [0.2, 0.25) is 5.91 Å². The molecule has 0 aliphatic carbocycles. The standard InChI is InChI=1S/C25H18BrN3O4/c1-32-20-12-9-16(13-19(20)26)22-21-23(33-29(22)18-5-3-2-4-6-18)25(31)28(24(21)30)17-10-7-15(14-27)8-11-17/h2-13,21-23H,1H3/t21-,22-,23+/m0/s1. The molecule has 0 radical (unpaired) electrons. The highest BCUT2D eigenvalue weighted by Crippen LogP contribution is 2.48. The van der Waals surface area contributed by atoms with E-state index in [4.69, 9.17) is 14.8 Å². The zero-order valence-electron chi connectivity index (χ0n) is 17.5. The van der Waals surface area contributed by atoms with Gasteiger partial charge >= 0.3 is 0 Å². The predicted molar refractivity (Wildman–Crippen MR) is 124 cm³/mol. The summed E-state index contributed by atoms with van der Waals surface area (Å²) in [7, 11) is 1.58. The number of methoxy groups -OCH3 is 1. The Labute approximate surface area is 198 Å². The van der Waals surface area contributed by atoms with Gasteiger partial charge in [0.05, 0.1) is 40.6 Å². The third-order valence-electron chi connectivity index (χ3n) is 5.90. The van der Waals surface area contributed by atoms with Crippen molar-refractivity contribution in [2.24, 2.45) is 5.92 Å². The van der Waals surface area contributed by atoms with E-state index in [0.29, 0.717) is 17.0 Å². The largest absolute Gasteiger partial charge is 0.496 e. The molecule has 3 aromatic rings. The number of hydrogen-bond acceptors (Lipinski definition) is 6. The fraction of sp³-hybridized carbons (Fsp3) is 0.160. The highest BCUT2D eigenvalue weighted by atomic mass is 79.9. The maximum absolute atomic E-state index is 13.6. The SMILES string of the molecule is COc1ccc([C@H]2[C@@H]3C(=O)N(c4ccc(C#N)cc4)C(=O)[C@@H]3ON2c2ccccc2)cc1Br. The maximum Gasteiger partial charge on any atom is 0.266 e. The highest BCUT2D eigenvalue weighted by Gasteiger charge is 2.60. The number of imide groups is 1. The van der Waals surface area contributed by atoms with Crippen molar-refractivity contribution in [2.75, 3.05) is 17.1 Å². The summed E-state index contributed by atoms with van der Waals surface area (Å²) < 4.78 is 6.08. The predicted octanol–water partition coefficient (Wildman–Crippen LogP) is 4.38. The van der Waals surface area contributed by atoms with Crippen LogP contribution in [0.3, 0.4) is 0 Å². The molecule has 2 aliphatic rings. The first-order valence-electron chi connectivity index (χ1n) is 10.3. The highest BCUT2D eigenvalue weighted by molar-refractivity contribution is 9.10. The number of hydrogen-bond donors (Lipinski definition) is 0. The van der Waals surface area contributed by atoms with E-state index < -0.39 is 24.0 Å². The molecule has 5 rings (SSSR count). The van der Waals surface area contributed by atoms with E-state index in [1.165, 1.54) is 0 Å². The number of carbonyl (C=O) groups excluding carboxylic acids is 2. The molecule has 0 N–H and O–H groups in total. The van der Waals surface area contributed by atoms with Crippen LogP contribution in [0.15, 0.2) is 77.3 Å². The van der Waals surface area contributed by atoms with Gasteiger partial charge in [-0.15, -0.1) is 0 Å². The lowest BCUT2D eigenvalue weighted by atomic mass is 9.90. The molecule has 2 heterocycles. The van der Waals surface area contributed by atoms with E-state index in [1.54, 1.807) is 36.4 Å². The number of nitrogens with zero attached hydrogens (tertiary/aromatic N) is 3. The topological polar surface area (TPSA) is 82.9 Å². The van der Waals surface area contributed by atoms with Gasteiger partial charge in [-0.25, -0.2) is 9.96 Å². The molecule has 3 aromatic carbocycles. The number of rotatable bonds is 4. The summed E-state index contributed by atoms with van der Waals surface area (Å²) in [6.07, 6.45) is -0.959. The number of anilines is 2. The molecule has 33 heavy (non-hydrogen) atoms. The Hall–Kier alpha value is -3.67. The molecule has 2 aliphatic heterocycles. The van der Waals surface area contributed by atoms with Crippen molar-refractivity contribution >= 4 is 39.1 Å². The van der Waals surface area contributed by atoms with E-state index in [0.717, 1.165) is 20.6 Å². The number of halogens is 1. The normalized spacial score (nSPS) is 21.8. The Morgan fingerprint density at radius 1 is 0.970 bits per heavy atom. The van der Waals surface area contributed by atoms with Gasteiger partial charge in [0.15, 0.2) is 6.10 Å². The van der Waals surface area contributed by atoms with Crippen molar-refractivity contribution < 1.29 is 19.2 Å². The lowest BCUT2D eigenvalue weighted by Gasteiger charge is -2.29. The second-order valence-corrected chi connectivity index (χ2v) is 8.58. The van der Waals surface area contributed by atoms with E-state index in [2.05, 4.69) is 15.9 Å². The molecule has 2 fully saturated rings. The van der Waals surface area contributed by atoms with E-state index in [1.807, 2.05) is 54.6 Å². The van der Waals surface area contributed by atoms with Crippen molar-refractivity contribution in [1.82, 2.24) is 0 Å². The van der Waals surface area contributed by atoms with Crippen LogP contribution >= 0.6 is 15.9 Å². The molecule has 7 nitrogen and oxygen atoms in total. The number of benzene rings is 3. The fourth-order valence-electron chi connectivity index (χ4n) is 4.36. The number of hydroxylamine groups is 1. The summed E-state index contributed by atoms with van der Waals surface area (Å²) in [6.45, 7) is 0. The number of para-hydroxylation sites is 1. The van der Waals surface area contributed by atoms with Gasteiger partial charge in [0.25, 0.3) is 5.91 Å². The van der Waals surface area contributed by atoms with Crippen molar-refractivity contribution in [3.05, 3.63) is 88.4 Å². The Kier molecular flexibility index (Phi) is 5.36. The molecule has 0 saturated carbocycles. The first-order valence-corrected chi connectivity index (χ1v) is 11.0. The van der Waals surface area contributed by atoms with Crippen LogP contribution in [0.4, 0.5) is 11.4 Å². The van der Waals surface area contributed by atoms with Crippen LogP contribution in [0.2, 0.25) is 0 Å². The molecule has 164 valence electrons.